The second-order valence-electron chi connectivity index (χ2n) is 6.92. The molecule has 2 aromatic rings. The Morgan fingerprint density at radius 3 is 2.76 bits per heavy atom. The number of aromatic amines is 1. The van der Waals surface area contributed by atoms with Gasteiger partial charge < -0.3 is 19.8 Å². The molecule has 29 heavy (non-hydrogen) atoms. The summed E-state index contributed by atoms with van der Waals surface area (Å²) < 4.78 is 11.0. The number of ketones is 1. The van der Waals surface area contributed by atoms with Crippen LogP contribution in [0, 0.1) is 5.92 Å². The maximum Gasteiger partial charge on any atom is 0.257 e. The molecule has 0 saturated heterocycles. The number of nitrogens with one attached hydrogen (secondary N) is 2. The third-order valence-electron chi connectivity index (χ3n) is 5.33. The summed E-state index contributed by atoms with van der Waals surface area (Å²) in [4.78, 5) is 33.6. The van der Waals surface area contributed by atoms with E-state index in [0.29, 0.717) is 40.9 Å². The predicted molar refractivity (Wildman–Crippen MR) is 112 cm³/mol. The second-order valence-corrected chi connectivity index (χ2v) is 8.17. The fourth-order valence-electron chi connectivity index (χ4n) is 4.09. The molecule has 2 unspecified atom stereocenters. The van der Waals surface area contributed by atoms with Gasteiger partial charge in [-0.25, -0.2) is 4.98 Å². The van der Waals surface area contributed by atoms with Gasteiger partial charge in [-0.1, -0.05) is 24.8 Å². The molecular formula is C21H23N3O4S. The number of benzene rings is 1. The molecule has 0 radical (unpaired) electrons. The first-order valence-electron chi connectivity index (χ1n) is 9.56. The van der Waals surface area contributed by atoms with Crippen LogP contribution in [0.1, 0.15) is 36.8 Å². The maximum absolute atomic E-state index is 13.1. The fourth-order valence-corrected chi connectivity index (χ4v) is 4.69. The number of aromatic nitrogens is 2. The van der Waals surface area contributed by atoms with E-state index in [4.69, 9.17) is 9.47 Å². The minimum atomic E-state index is -0.507. The third kappa shape index (κ3) is 3.42. The van der Waals surface area contributed by atoms with Crippen molar-refractivity contribution in [3.8, 4) is 11.5 Å². The molecule has 1 aliphatic heterocycles. The topological polar surface area (TPSA) is 93.3 Å². The average Bonchev–Trinajstić information content (AvgIpc) is 2.72. The zero-order valence-corrected chi connectivity index (χ0v) is 17.4. The molecule has 1 aliphatic carbocycles. The molecule has 2 heterocycles. The van der Waals surface area contributed by atoms with Gasteiger partial charge in [-0.2, -0.15) is 0 Å². The number of ether oxygens (including phenoxy) is 2. The van der Waals surface area contributed by atoms with Crippen molar-refractivity contribution in [2.45, 2.75) is 30.8 Å². The van der Waals surface area contributed by atoms with Crippen LogP contribution in [0.5, 0.6) is 11.5 Å². The average molecular weight is 413 g/mol. The lowest BCUT2D eigenvalue weighted by Crippen LogP contribution is -2.39. The first-order valence-corrected chi connectivity index (χ1v) is 10.5. The highest BCUT2D eigenvalue weighted by Gasteiger charge is 2.43. The number of anilines is 1. The first-order chi connectivity index (χ1) is 14.1. The van der Waals surface area contributed by atoms with Crippen LogP contribution in [0.15, 0.2) is 39.9 Å². The summed E-state index contributed by atoms with van der Waals surface area (Å²) in [5.41, 5.74) is 1.75. The largest absolute Gasteiger partial charge is 0.497 e. The lowest BCUT2D eigenvalue weighted by molar-refractivity contribution is -0.122. The van der Waals surface area contributed by atoms with E-state index in [1.54, 1.807) is 26.4 Å². The number of nitrogens with zero attached hydrogens (tertiary/aromatic N) is 1. The minimum absolute atomic E-state index is 0.0990. The van der Waals surface area contributed by atoms with Gasteiger partial charge in [-0.05, 0) is 30.4 Å². The molecule has 2 N–H and O–H groups in total. The van der Waals surface area contributed by atoms with E-state index in [2.05, 4.69) is 15.3 Å². The number of hydrogen-bond donors (Lipinski definition) is 2. The number of rotatable bonds is 5. The van der Waals surface area contributed by atoms with Gasteiger partial charge in [-0.3, -0.25) is 9.59 Å². The van der Waals surface area contributed by atoms with Crippen molar-refractivity contribution in [3.63, 3.8) is 0 Å². The van der Waals surface area contributed by atoms with E-state index in [-0.39, 0.29) is 11.3 Å². The van der Waals surface area contributed by atoms with Gasteiger partial charge in [0.25, 0.3) is 5.56 Å². The van der Waals surface area contributed by atoms with Crippen LogP contribution in [0.4, 0.5) is 5.82 Å². The summed E-state index contributed by atoms with van der Waals surface area (Å²) in [6.07, 6.45) is 3.15. The summed E-state index contributed by atoms with van der Waals surface area (Å²) >= 11 is 1.47. The standard InChI is InChI=1S/C21H23N3O4S/c1-4-29-21-23-19-18(20(26)24-21)16(17-13(22-19)6-5-7-14(17)25)12-10-11(27-2)8-9-15(12)28-3/h6,8-10,16-17H,4-5,7H2,1-3H3,(H2,22,23,24,26). The Labute approximate surface area is 172 Å². The van der Waals surface area contributed by atoms with E-state index in [1.807, 2.05) is 19.1 Å². The summed E-state index contributed by atoms with van der Waals surface area (Å²) in [5, 5.41) is 3.82. The number of methoxy groups -OCH3 is 2. The van der Waals surface area contributed by atoms with Gasteiger partial charge >= 0.3 is 0 Å². The molecule has 4 rings (SSSR count). The second kappa shape index (κ2) is 7.94. The SMILES string of the molecule is CCSc1nc2c(c(=O)[nH]1)C(c1cc(OC)ccc1OC)C1C(=O)CCC=C1N2. The smallest absolute Gasteiger partial charge is 0.257 e. The van der Waals surface area contributed by atoms with Gasteiger partial charge in [0.05, 0.1) is 25.7 Å². The normalized spacial score (nSPS) is 20.2. The Bertz CT molecular complexity index is 1050. The summed E-state index contributed by atoms with van der Waals surface area (Å²) in [6, 6.07) is 5.44. The quantitative estimate of drug-likeness (QED) is 0.574. The van der Waals surface area contributed by atoms with E-state index >= 15 is 0 Å². The van der Waals surface area contributed by atoms with Crippen LogP contribution < -0.4 is 20.3 Å². The Kier molecular flexibility index (Phi) is 5.36. The van der Waals surface area contributed by atoms with Gasteiger partial charge in [-0.15, -0.1) is 0 Å². The number of fused-ring (bicyclic) bond motifs is 2. The summed E-state index contributed by atoms with van der Waals surface area (Å²) in [7, 11) is 3.16. The van der Waals surface area contributed by atoms with Gasteiger partial charge in [0.15, 0.2) is 5.16 Å². The molecule has 2 aliphatic rings. The number of thioether (sulfide) groups is 1. The number of hydrogen-bond acceptors (Lipinski definition) is 7. The van der Waals surface area contributed by atoms with Crippen molar-refractivity contribution in [1.82, 2.24) is 9.97 Å². The van der Waals surface area contributed by atoms with E-state index in [1.165, 1.54) is 11.8 Å². The van der Waals surface area contributed by atoms with Crippen molar-refractivity contribution in [2.75, 3.05) is 25.3 Å². The number of Topliss-reactive ketones (excluding diaryl/α,β-unsaturated/α-hetero) is 1. The van der Waals surface area contributed by atoms with Gasteiger partial charge in [0, 0.05) is 23.6 Å². The summed E-state index contributed by atoms with van der Waals surface area (Å²) in [6.45, 7) is 2.00. The Morgan fingerprint density at radius 1 is 1.21 bits per heavy atom. The lowest BCUT2D eigenvalue weighted by Gasteiger charge is -2.37. The molecule has 0 amide bonds. The molecule has 0 bridgehead atoms. The highest BCUT2D eigenvalue weighted by atomic mass is 32.2. The van der Waals surface area contributed by atoms with Crippen molar-refractivity contribution < 1.29 is 14.3 Å². The molecule has 0 spiro atoms. The number of H-pyrrole nitrogens is 1. The Balaban J connectivity index is 1.99. The highest BCUT2D eigenvalue weighted by Crippen LogP contribution is 2.47. The van der Waals surface area contributed by atoms with Crippen LogP contribution in [0.25, 0.3) is 0 Å². The van der Waals surface area contributed by atoms with E-state index in [0.717, 1.165) is 17.0 Å². The number of allylic oxidation sites excluding steroid dienone is 2. The van der Waals surface area contributed by atoms with Crippen LogP contribution in [0.3, 0.4) is 0 Å². The van der Waals surface area contributed by atoms with Crippen LogP contribution >= 0.6 is 11.8 Å². The van der Waals surface area contributed by atoms with Crippen LogP contribution in [-0.2, 0) is 4.79 Å². The molecule has 8 heteroatoms. The zero-order chi connectivity index (χ0) is 20.5. The number of carbonyl (C=O) groups excluding carboxylic acids is 1. The number of carbonyl (C=O) groups is 1. The third-order valence-corrected chi connectivity index (χ3v) is 6.09. The Morgan fingerprint density at radius 2 is 2.03 bits per heavy atom. The Hall–Kier alpha value is -2.74. The molecular weight excluding hydrogens is 390 g/mol. The van der Waals surface area contributed by atoms with Gasteiger partial charge in [0.2, 0.25) is 0 Å². The molecule has 2 atom stereocenters. The van der Waals surface area contributed by atoms with Crippen LogP contribution in [-0.4, -0.2) is 35.7 Å². The minimum Gasteiger partial charge on any atom is -0.497 e. The maximum atomic E-state index is 13.1. The summed E-state index contributed by atoms with van der Waals surface area (Å²) in [5.74, 6) is 1.64. The van der Waals surface area contributed by atoms with E-state index in [9.17, 15) is 9.59 Å². The van der Waals surface area contributed by atoms with Crippen molar-refractivity contribution in [2.24, 2.45) is 5.92 Å². The fraction of sp³-hybridized carbons (Fsp3) is 0.381. The van der Waals surface area contributed by atoms with Crippen molar-refractivity contribution >= 4 is 23.4 Å². The predicted octanol–water partition coefficient (Wildman–Crippen LogP) is 3.32. The zero-order valence-electron chi connectivity index (χ0n) is 16.6. The molecule has 1 aromatic carbocycles. The van der Waals surface area contributed by atoms with Crippen molar-refractivity contribution in [1.29, 1.82) is 0 Å². The van der Waals surface area contributed by atoms with Crippen molar-refractivity contribution in [3.05, 3.63) is 51.5 Å². The molecule has 0 fully saturated rings. The highest BCUT2D eigenvalue weighted by molar-refractivity contribution is 7.99. The lowest BCUT2D eigenvalue weighted by atomic mass is 9.72. The monoisotopic (exact) mass is 413 g/mol. The van der Waals surface area contributed by atoms with Gasteiger partial charge in [0.1, 0.15) is 23.1 Å². The molecule has 152 valence electrons. The molecule has 1 aromatic heterocycles. The first kappa shape index (κ1) is 19.6. The molecule has 0 saturated carbocycles. The molecule has 7 nitrogen and oxygen atoms in total. The van der Waals surface area contributed by atoms with E-state index < -0.39 is 11.8 Å². The van der Waals surface area contributed by atoms with Crippen LogP contribution in [0.2, 0.25) is 0 Å².